The van der Waals surface area contributed by atoms with E-state index in [0.29, 0.717) is 0 Å². The van der Waals surface area contributed by atoms with E-state index in [4.69, 9.17) is 11.1 Å². The zero-order valence-corrected chi connectivity index (χ0v) is 8.85. The van der Waals surface area contributed by atoms with Crippen molar-refractivity contribution in [2.24, 2.45) is 10.2 Å². The topological polar surface area (TPSA) is 150 Å². The largest absolute Gasteiger partial charge is 0.460 e. The van der Waals surface area contributed by atoms with Crippen LogP contribution in [0.25, 0.3) is 20.9 Å². The Morgan fingerprint density at radius 1 is 0.941 bits per heavy atom. The Hall–Kier alpha value is -2.44. The molecule has 0 fully saturated rings. The molecule has 0 heterocycles. The van der Waals surface area contributed by atoms with E-state index in [1.807, 2.05) is 0 Å². The second-order valence-corrected chi connectivity index (χ2v) is 2.61. The van der Waals surface area contributed by atoms with E-state index in [-0.39, 0.29) is 32.7 Å². The molecule has 0 aromatic heterocycles. The van der Waals surface area contributed by atoms with Crippen LogP contribution in [0, 0.1) is 0 Å². The molecular formula is C7H10N6O4. The van der Waals surface area contributed by atoms with Gasteiger partial charge in [-0.15, -0.1) is 0 Å². The standard InChI is InChI=1S/C7H10N6O4/c8-12-10-4-16-6(14)2-1-3-7(15)17-5-11-13-9/h1-5H2. The van der Waals surface area contributed by atoms with Gasteiger partial charge >= 0.3 is 11.9 Å². The Morgan fingerprint density at radius 2 is 1.35 bits per heavy atom. The van der Waals surface area contributed by atoms with Crippen molar-refractivity contribution in [3.63, 3.8) is 0 Å². The van der Waals surface area contributed by atoms with Crippen molar-refractivity contribution >= 4 is 11.9 Å². The van der Waals surface area contributed by atoms with Gasteiger partial charge in [-0.1, -0.05) is 10.2 Å². The fourth-order valence-corrected chi connectivity index (χ4v) is 0.775. The van der Waals surface area contributed by atoms with Gasteiger partial charge in [-0.05, 0) is 17.5 Å². The van der Waals surface area contributed by atoms with Crippen LogP contribution in [0.1, 0.15) is 19.3 Å². The van der Waals surface area contributed by atoms with Gasteiger partial charge in [0.25, 0.3) is 0 Å². The number of azide groups is 2. The van der Waals surface area contributed by atoms with Crippen molar-refractivity contribution in [2.45, 2.75) is 19.3 Å². The minimum Gasteiger partial charge on any atom is -0.460 e. The lowest BCUT2D eigenvalue weighted by Crippen LogP contribution is -2.07. The molecule has 0 bridgehead atoms. The summed E-state index contributed by atoms with van der Waals surface area (Å²) in [5.41, 5.74) is 15.8. The van der Waals surface area contributed by atoms with E-state index in [9.17, 15) is 9.59 Å². The molecule has 0 saturated carbocycles. The fraction of sp³-hybridized carbons (Fsp3) is 0.714. The highest BCUT2D eigenvalue weighted by Crippen LogP contribution is 2.00. The summed E-state index contributed by atoms with van der Waals surface area (Å²) >= 11 is 0. The van der Waals surface area contributed by atoms with E-state index in [0.717, 1.165) is 0 Å². The third-order valence-electron chi connectivity index (χ3n) is 1.45. The Kier molecular flexibility index (Phi) is 8.64. The molecular weight excluding hydrogens is 232 g/mol. The second kappa shape index (κ2) is 10.1. The molecule has 0 aliphatic heterocycles. The molecule has 17 heavy (non-hydrogen) atoms. The van der Waals surface area contributed by atoms with Crippen LogP contribution >= 0.6 is 0 Å². The molecule has 0 aromatic rings. The number of hydrogen-bond acceptors (Lipinski definition) is 6. The predicted molar refractivity (Wildman–Crippen MR) is 54.1 cm³/mol. The van der Waals surface area contributed by atoms with Gasteiger partial charge in [0, 0.05) is 22.7 Å². The van der Waals surface area contributed by atoms with Crippen LogP contribution < -0.4 is 0 Å². The Labute approximate surface area is 95.7 Å². The van der Waals surface area contributed by atoms with Gasteiger partial charge in [-0.2, -0.15) is 0 Å². The predicted octanol–water partition coefficient (Wildman–Crippen LogP) is 1.78. The third-order valence-corrected chi connectivity index (χ3v) is 1.45. The van der Waals surface area contributed by atoms with Gasteiger partial charge < -0.3 is 9.47 Å². The van der Waals surface area contributed by atoms with Crippen molar-refractivity contribution in [3.8, 4) is 0 Å². The van der Waals surface area contributed by atoms with Crippen molar-refractivity contribution in [3.05, 3.63) is 20.9 Å². The van der Waals surface area contributed by atoms with E-state index in [2.05, 4.69) is 29.5 Å². The molecule has 0 aliphatic rings. The highest BCUT2D eigenvalue weighted by Gasteiger charge is 2.06. The summed E-state index contributed by atoms with van der Waals surface area (Å²) in [5, 5.41) is 6.01. The first-order valence-electron chi connectivity index (χ1n) is 4.53. The average Bonchev–Trinajstić information content (AvgIpc) is 2.30. The number of nitrogens with zero attached hydrogens (tertiary/aromatic N) is 6. The Bertz CT molecular complexity index is 323. The summed E-state index contributed by atoms with van der Waals surface area (Å²) in [6.07, 6.45) is 0.263. The van der Waals surface area contributed by atoms with Crippen LogP contribution in [0.4, 0.5) is 0 Å². The van der Waals surface area contributed by atoms with Crippen molar-refractivity contribution < 1.29 is 19.1 Å². The number of hydrogen-bond donors (Lipinski definition) is 0. The maximum absolute atomic E-state index is 10.9. The number of ether oxygens (including phenoxy) is 2. The first-order chi connectivity index (χ1) is 8.20. The molecule has 10 heteroatoms. The minimum atomic E-state index is -0.569. The van der Waals surface area contributed by atoms with Gasteiger partial charge in [-0.25, -0.2) is 0 Å². The van der Waals surface area contributed by atoms with Crippen LogP contribution in [-0.4, -0.2) is 25.4 Å². The second-order valence-electron chi connectivity index (χ2n) is 2.61. The summed E-state index contributed by atoms with van der Waals surface area (Å²) < 4.78 is 8.97. The zero-order valence-electron chi connectivity index (χ0n) is 8.85. The molecule has 10 nitrogen and oxygen atoms in total. The van der Waals surface area contributed by atoms with Crippen LogP contribution in [0.2, 0.25) is 0 Å². The average molecular weight is 242 g/mol. The van der Waals surface area contributed by atoms with Crippen molar-refractivity contribution in [1.29, 1.82) is 0 Å². The summed E-state index contributed by atoms with van der Waals surface area (Å²) in [5.74, 6) is -1.14. The SMILES string of the molecule is [N-]=[N+]=NCOC(=O)CCCC(=O)OCN=[N+]=[N-]. The quantitative estimate of drug-likeness (QED) is 0.275. The summed E-state index contributed by atoms with van der Waals surface area (Å²) in [6, 6.07) is 0. The van der Waals surface area contributed by atoms with Gasteiger partial charge in [0.1, 0.15) is 0 Å². The van der Waals surface area contributed by atoms with Gasteiger partial charge in [0.05, 0.1) is 0 Å². The molecule has 0 aromatic carbocycles. The smallest absolute Gasteiger partial charge is 0.305 e. The highest BCUT2D eigenvalue weighted by molar-refractivity contribution is 5.72. The maximum atomic E-state index is 10.9. The highest BCUT2D eigenvalue weighted by atomic mass is 16.5. The molecule has 0 unspecified atom stereocenters. The fourth-order valence-electron chi connectivity index (χ4n) is 0.775. The molecule has 0 amide bonds. The summed E-state index contributed by atoms with van der Waals surface area (Å²) in [4.78, 5) is 26.7. The normalized spacial score (nSPS) is 8.47. The number of carbonyl (C=O) groups is 2. The molecule has 0 aliphatic carbocycles. The van der Waals surface area contributed by atoms with E-state index < -0.39 is 11.9 Å². The lowest BCUT2D eigenvalue weighted by atomic mass is 10.2. The molecule has 92 valence electrons. The van der Waals surface area contributed by atoms with E-state index in [1.165, 1.54) is 0 Å². The number of carbonyl (C=O) groups excluding carboxylic acids is 2. The first kappa shape index (κ1) is 14.6. The summed E-state index contributed by atoms with van der Waals surface area (Å²) in [7, 11) is 0. The van der Waals surface area contributed by atoms with Crippen molar-refractivity contribution in [2.75, 3.05) is 13.5 Å². The van der Waals surface area contributed by atoms with E-state index in [1.54, 1.807) is 0 Å². The molecule has 0 rings (SSSR count). The molecule has 0 spiro atoms. The van der Waals surface area contributed by atoms with Crippen LogP contribution in [-0.2, 0) is 19.1 Å². The van der Waals surface area contributed by atoms with Crippen LogP contribution in [0.15, 0.2) is 10.2 Å². The van der Waals surface area contributed by atoms with Gasteiger partial charge in [0.2, 0.25) is 0 Å². The number of esters is 2. The molecule has 0 N–H and O–H groups in total. The van der Waals surface area contributed by atoms with E-state index >= 15 is 0 Å². The monoisotopic (exact) mass is 242 g/mol. The van der Waals surface area contributed by atoms with Crippen LogP contribution in [0.3, 0.4) is 0 Å². The first-order valence-corrected chi connectivity index (χ1v) is 4.53. The molecule has 0 radical (unpaired) electrons. The number of rotatable bonds is 8. The van der Waals surface area contributed by atoms with Crippen molar-refractivity contribution in [1.82, 2.24) is 0 Å². The molecule has 0 atom stereocenters. The lowest BCUT2D eigenvalue weighted by molar-refractivity contribution is -0.145. The lowest BCUT2D eigenvalue weighted by Gasteiger charge is -2.01. The van der Waals surface area contributed by atoms with Gasteiger partial charge in [-0.3, -0.25) is 9.59 Å². The zero-order chi connectivity index (χ0) is 12.9. The van der Waals surface area contributed by atoms with Gasteiger partial charge in [0.15, 0.2) is 13.5 Å². The Morgan fingerprint density at radius 3 is 1.71 bits per heavy atom. The Balaban J connectivity index is 3.54. The minimum absolute atomic E-state index is 0.0115. The summed E-state index contributed by atoms with van der Waals surface area (Å²) in [6.45, 7) is -0.729. The van der Waals surface area contributed by atoms with Crippen LogP contribution in [0.5, 0.6) is 0 Å². The molecule has 0 saturated heterocycles. The maximum Gasteiger partial charge on any atom is 0.305 e. The third kappa shape index (κ3) is 9.85.